The fourth-order valence-electron chi connectivity index (χ4n) is 3.03. The van der Waals surface area contributed by atoms with Crippen LogP contribution in [0.3, 0.4) is 0 Å². The molecule has 0 amide bonds. The summed E-state index contributed by atoms with van der Waals surface area (Å²) in [5, 5.41) is 21.0. The Balaban J connectivity index is 1.55. The second kappa shape index (κ2) is 7.46. The van der Waals surface area contributed by atoms with E-state index in [0.717, 1.165) is 50.9 Å². The zero-order chi connectivity index (χ0) is 16.1. The maximum absolute atomic E-state index is 9.58. The number of hydrogen-bond donors (Lipinski definition) is 2. The molecule has 0 radical (unpaired) electrons. The first-order chi connectivity index (χ1) is 11.2. The Morgan fingerprint density at radius 2 is 2.30 bits per heavy atom. The number of anilines is 1. The summed E-state index contributed by atoms with van der Waals surface area (Å²) < 4.78 is 5.61. The van der Waals surface area contributed by atoms with E-state index in [1.54, 1.807) is 6.07 Å². The number of aromatic nitrogens is 2. The molecule has 1 atom stereocenters. The first kappa shape index (κ1) is 15.8. The van der Waals surface area contributed by atoms with Crippen molar-refractivity contribution in [3.63, 3.8) is 0 Å². The van der Waals surface area contributed by atoms with Gasteiger partial charge < -0.3 is 14.8 Å². The molecule has 2 N–H and O–H groups in total. The standard InChI is InChI=1S/C17H24N4O2/c1-2-5-16-19-20-17(23-16)18-14-7-4-9-21(12-14)11-13-6-3-8-15(22)10-13/h3,6,8,10,14,22H,2,4-5,7,9,11-12H2,1H3,(H,18,20)/t14-/m1/s1. The van der Waals surface area contributed by atoms with Gasteiger partial charge in [-0.15, -0.1) is 5.10 Å². The number of nitrogens with one attached hydrogen (secondary N) is 1. The second-order valence-electron chi connectivity index (χ2n) is 6.14. The molecule has 124 valence electrons. The number of likely N-dealkylation sites (tertiary alicyclic amines) is 1. The van der Waals surface area contributed by atoms with Crippen LogP contribution >= 0.6 is 0 Å². The van der Waals surface area contributed by atoms with E-state index in [4.69, 9.17) is 4.42 Å². The fraction of sp³-hybridized carbons (Fsp3) is 0.529. The van der Waals surface area contributed by atoms with Crippen molar-refractivity contribution in [3.8, 4) is 5.75 Å². The number of aryl methyl sites for hydroxylation is 1. The zero-order valence-electron chi connectivity index (χ0n) is 13.5. The molecule has 2 heterocycles. The van der Waals surface area contributed by atoms with Crippen LogP contribution in [0.2, 0.25) is 0 Å². The maximum atomic E-state index is 9.58. The van der Waals surface area contributed by atoms with Crippen molar-refractivity contribution in [2.45, 2.75) is 45.2 Å². The van der Waals surface area contributed by atoms with Crippen molar-refractivity contribution in [3.05, 3.63) is 35.7 Å². The van der Waals surface area contributed by atoms with Crippen LogP contribution in [0.1, 0.15) is 37.6 Å². The average Bonchev–Trinajstić information content (AvgIpc) is 2.95. The first-order valence-corrected chi connectivity index (χ1v) is 8.32. The third-order valence-electron chi connectivity index (χ3n) is 4.08. The molecule has 1 aliphatic heterocycles. The highest BCUT2D eigenvalue weighted by Gasteiger charge is 2.21. The van der Waals surface area contributed by atoms with Gasteiger partial charge in [-0.1, -0.05) is 24.2 Å². The summed E-state index contributed by atoms with van der Waals surface area (Å²) in [7, 11) is 0. The van der Waals surface area contributed by atoms with Crippen molar-refractivity contribution in [2.75, 3.05) is 18.4 Å². The molecular formula is C17H24N4O2. The van der Waals surface area contributed by atoms with Crippen molar-refractivity contribution >= 4 is 6.01 Å². The molecule has 0 unspecified atom stereocenters. The molecule has 0 aliphatic carbocycles. The minimum atomic E-state index is 0.316. The van der Waals surface area contributed by atoms with Gasteiger partial charge in [0.05, 0.1) is 0 Å². The van der Waals surface area contributed by atoms with Gasteiger partial charge in [-0.25, -0.2) is 0 Å². The van der Waals surface area contributed by atoms with E-state index in [1.165, 1.54) is 0 Å². The number of phenols is 1. The number of rotatable bonds is 6. The van der Waals surface area contributed by atoms with Crippen LogP contribution in [-0.2, 0) is 13.0 Å². The van der Waals surface area contributed by atoms with Crippen LogP contribution in [0.4, 0.5) is 6.01 Å². The third-order valence-corrected chi connectivity index (χ3v) is 4.08. The second-order valence-corrected chi connectivity index (χ2v) is 6.14. The highest BCUT2D eigenvalue weighted by atomic mass is 16.4. The van der Waals surface area contributed by atoms with Gasteiger partial charge in [0, 0.05) is 25.6 Å². The van der Waals surface area contributed by atoms with Crippen LogP contribution in [0, 0.1) is 0 Å². The monoisotopic (exact) mass is 316 g/mol. The van der Waals surface area contributed by atoms with Crippen LogP contribution in [-0.4, -0.2) is 39.3 Å². The highest BCUT2D eigenvalue weighted by molar-refractivity contribution is 5.27. The number of nitrogens with zero attached hydrogens (tertiary/aromatic N) is 3. The quantitative estimate of drug-likeness (QED) is 0.853. The Hall–Kier alpha value is -2.08. The maximum Gasteiger partial charge on any atom is 0.315 e. The largest absolute Gasteiger partial charge is 0.508 e. The van der Waals surface area contributed by atoms with Crippen molar-refractivity contribution in [1.29, 1.82) is 0 Å². The van der Waals surface area contributed by atoms with Gasteiger partial charge in [-0.3, -0.25) is 4.90 Å². The minimum Gasteiger partial charge on any atom is -0.508 e. The molecule has 0 bridgehead atoms. The molecule has 1 fully saturated rings. The molecule has 1 saturated heterocycles. The lowest BCUT2D eigenvalue weighted by atomic mass is 10.0. The van der Waals surface area contributed by atoms with Crippen molar-refractivity contribution < 1.29 is 9.52 Å². The Morgan fingerprint density at radius 1 is 1.39 bits per heavy atom. The van der Waals surface area contributed by atoms with E-state index in [9.17, 15) is 5.11 Å². The summed E-state index contributed by atoms with van der Waals surface area (Å²) in [6, 6.07) is 8.30. The first-order valence-electron chi connectivity index (χ1n) is 8.32. The molecule has 1 aromatic heterocycles. The van der Waals surface area contributed by atoms with Crippen LogP contribution in [0.5, 0.6) is 5.75 Å². The van der Waals surface area contributed by atoms with Gasteiger partial charge in [0.15, 0.2) is 0 Å². The van der Waals surface area contributed by atoms with Gasteiger partial charge >= 0.3 is 6.01 Å². The predicted molar refractivity (Wildman–Crippen MR) is 88.3 cm³/mol. The van der Waals surface area contributed by atoms with E-state index in [1.807, 2.05) is 18.2 Å². The number of piperidine rings is 1. The van der Waals surface area contributed by atoms with E-state index < -0.39 is 0 Å². The van der Waals surface area contributed by atoms with Gasteiger partial charge in [0.1, 0.15) is 5.75 Å². The molecule has 0 saturated carbocycles. The summed E-state index contributed by atoms with van der Waals surface area (Å²) in [4.78, 5) is 2.39. The van der Waals surface area contributed by atoms with E-state index in [2.05, 4.69) is 27.3 Å². The third kappa shape index (κ3) is 4.45. The predicted octanol–water partition coefficient (Wildman–Crippen LogP) is 2.80. The van der Waals surface area contributed by atoms with Gasteiger partial charge in [-0.2, -0.15) is 0 Å². The van der Waals surface area contributed by atoms with E-state index in [0.29, 0.717) is 23.7 Å². The number of aromatic hydroxyl groups is 1. The Bertz CT molecular complexity index is 629. The summed E-state index contributed by atoms with van der Waals surface area (Å²) in [5.74, 6) is 1.02. The molecular weight excluding hydrogens is 292 g/mol. The molecule has 3 rings (SSSR count). The molecule has 0 spiro atoms. The zero-order valence-corrected chi connectivity index (χ0v) is 13.5. The number of hydrogen-bond acceptors (Lipinski definition) is 6. The molecule has 1 aliphatic rings. The van der Waals surface area contributed by atoms with Crippen LogP contribution in [0.25, 0.3) is 0 Å². The lowest BCUT2D eigenvalue weighted by Gasteiger charge is -2.32. The Kier molecular flexibility index (Phi) is 5.12. The molecule has 6 nitrogen and oxygen atoms in total. The molecule has 6 heteroatoms. The summed E-state index contributed by atoms with van der Waals surface area (Å²) in [5.41, 5.74) is 1.13. The lowest BCUT2D eigenvalue weighted by molar-refractivity contribution is 0.207. The van der Waals surface area contributed by atoms with Crippen molar-refractivity contribution in [2.24, 2.45) is 0 Å². The van der Waals surface area contributed by atoms with Crippen LogP contribution < -0.4 is 5.32 Å². The molecule has 23 heavy (non-hydrogen) atoms. The minimum absolute atomic E-state index is 0.316. The van der Waals surface area contributed by atoms with Gasteiger partial charge in [-0.05, 0) is 43.5 Å². The van der Waals surface area contributed by atoms with E-state index in [-0.39, 0.29) is 0 Å². The summed E-state index contributed by atoms with van der Waals surface area (Å²) in [6.45, 7) is 4.94. The van der Waals surface area contributed by atoms with Crippen LogP contribution in [0.15, 0.2) is 28.7 Å². The lowest BCUT2D eigenvalue weighted by Crippen LogP contribution is -2.41. The smallest absolute Gasteiger partial charge is 0.315 e. The number of benzene rings is 1. The van der Waals surface area contributed by atoms with E-state index >= 15 is 0 Å². The summed E-state index contributed by atoms with van der Waals surface area (Å²) >= 11 is 0. The normalized spacial score (nSPS) is 18.9. The fourth-order valence-corrected chi connectivity index (χ4v) is 3.03. The summed E-state index contributed by atoms with van der Waals surface area (Å²) in [6.07, 6.45) is 4.06. The Morgan fingerprint density at radius 3 is 3.13 bits per heavy atom. The Labute approximate surface area is 136 Å². The topological polar surface area (TPSA) is 74.4 Å². The van der Waals surface area contributed by atoms with Gasteiger partial charge in [0.2, 0.25) is 5.89 Å². The molecule has 2 aromatic rings. The van der Waals surface area contributed by atoms with Gasteiger partial charge in [0.25, 0.3) is 0 Å². The average molecular weight is 316 g/mol. The SMILES string of the molecule is CCCc1nnc(N[C@@H]2CCCN(Cc3cccc(O)c3)C2)o1. The molecule has 1 aromatic carbocycles. The highest BCUT2D eigenvalue weighted by Crippen LogP contribution is 2.19. The number of phenolic OH excluding ortho intramolecular Hbond substituents is 1. The van der Waals surface area contributed by atoms with Crippen molar-refractivity contribution in [1.82, 2.24) is 15.1 Å².